The molecule has 2 aliphatic rings. The number of β-lactam (4-membered cyclic amide) rings is 1. The zero-order valence-corrected chi connectivity index (χ0v) is 15.7. The van der Waals surface area contributed by atoms with Crippen molar-refractivity contribution in [2.24, 2.45) is 0 Å². The number of nitrogens with one attached hydrogen (secondary N) is 1. The van der Waals surface area contributed by atoms with Crippen LogP contribution in [0, 0.1) is 0 Å². The van der Waals surface area contributed by atoms with Crippen molar-refractivity contribution in [3.8, 4) is 0 Å². The van der Waals surface area contributed by atoms with E-state index in [0.29, 0.717) is 6.41 Å². The molecule has 3 amide bonds. The van der Waals surface area contributed by atoms with E-state index in [4.69, 9.17) is 4.74 Å². The van der Waals surface area contributed by atoms with Crippen molar-refractivity contribution in [2.75, 3.05) is 26.5 Å². The predicted molar refractivity (Wildman–Crippen MR) is 73.1 cm³/mol. The molecule has 2 aliphatic heterocycles. The van der Waals surface area contributed by atoms with E-state index in [-0.39, 0.29) is 53.2 Å². The molecule has 0 aliphatic carbocycles. The van der Waals surface area contributed by atoms with E-state index >= 15 is 0 Å². The normalized spacial score (nSPS) is 22.3. The maximum atomic E-state index is 11.9. The third-order valence-corrected chi connectivity index (χ3v) is 4.56. The summed E-state index contributed by atoms with van der Waals surface area (Å²) in [5, 5.41) is 13.2. The average Bonchev–Trinajstić information content (AvgIpc) is 2.48. The molecule has 1 fully saturated rings. The Balaban J connectivity index is 0.00000264. The van der Waals surface area contributed by atoms with Crippen LogP contribution < -0.4 is 40.0 Å². The van der Waals surface area contributed by atoms with Gasteiger partial charge in [-0.3, -0.25) is 14.5 Å². The molecule has 0 spiro atoms. The topological polar surface area (TPSA) is 119 Å². The molecule has 0 aromatic rings. The fourth-order valence-electron chi connectivity index (χ4n) is 2.15. The third kappa shape index (κ3) is 3.82. The Morgan fingerprint density at radius 2 is 2.17 bits per heavy atom. The van der Waals surface area contributed by atoms with Gasteiger partial charge in [0.05, 0.1) is 11.7 Å². The Kier molecular flexibility index (Phi) is 6.93. The Hall–Kier alpha value is -1.23. The number of carboxylic acid groups (broad SMARTS) is 1. The standard InChI is InChI=1S/C12H15N3O6S.Na/c1-14(2)12(20)21-3-6-4-22-10-7(13-5-16)9(17)15(10)8(6)11(18)19;/h5,7,10H,3-4H2,1-2H3,(H,13,16)(H,18,19);/q;+1/p-1/t7?,10-;/m0./s1. The van der Waals surface area contributed by atoms with Crippen LogP contribution in [-0.4, -0.2) is 72.1 Å². The Morgan fingerprint density at radius 3 is 2.70 bits per heavy atom. The van der Waals surface area contributed by atoms with Crippen molar-refractivity contribution in [1.82, 2.24) is 15.1 Å². The second-order valence-electron chi connectivity index (χ2n) is 4.86. The van der Waals surface area contributed by atoms with E-state index in [2.05, 4.69) is 5.32 Å². The van der Waals surface area contributed by atoms with E-state index in [1.165, 1.54) is 30.8 Å². The van der Waals surface area contributed by atoms with Gasteiger partial charge in [0.25, 0.3) is 5.91 Å². The molecule has 0 aromatic carbocycles. The number of amides is 3. The Bertz CT molecular complexity index is 567. The second kappa shape index (κ2) is 8.04. The van der Waals surface area contributed by atoms with Crippen LogP contribution in [0.4, 0.5) is 4.79 Å². The van der Waals surface area contributed by atoms with E-state index < -0.39 is 29.4 Å². The Labute approximate surface area is 158 Å². The summed E-state index contributed by atoms with van der Waals surface area (Å²) in [6.07, 6.45) is -0.218. The third-order valence-electron chi connectivity index (χ3n) is 3.22. The average molecular weight is 351 g/mol. The molecule has 0 aromatic heterocycles. The van der Waals surface area contributed by atoms with Gasteiger partial charge in [0.15, 0.2) is 0 Å². The fourth-order valence-corrected chi connectivity index (χ4v) is 3.49. The summed E-state index contributed by atoms with van der Waals surface area (Å²) in [6.45, 7) is -0.240. The first-order chi connectivity index (χ1) is 10.4. The van der Waals surface area contributed by atoms with Crippen LogP contribution in [-0.2, 0) is 19.1 Å². The zero-order chi connectivity index (χ0) is 16.4. The summed E-state index contributed by atoms with van der Waals surface area (Å²) in [4.78, 5) is 47.4. The number of hydrogen-bond donors (Lipinski definition) is 1. The van der Waals surface area contributed by atoms with Crippen LogP contribution in [0.2, 0.25) is 0 Å². The summed E-state index contributed by atoms with van der Waals surface area (Å²) in [5.41, 5.74) is -0.00129. The summed E-state index contributed by atoms with van der Waals surface area (Å²) in [5.74, 6) is -1.78. The molecule has 23 heavy (non-hydrogen) atoms. The maximum absolute atomic E-state index is 11.9. The maximum Gasteiger partial charge on any atom is 1.00 e. The minimum absolute atomic E-state index is 0. The van der Waals surface area contributed by atoms with Crippen molar-refractivity contribution in [2.45, 2.75) is 11.4 Å². The number of hydrogen-bond acceptors (Lipinski definition) is 7. The monoisotopic (exact) mass is 351 g/mol. The molecule has 1 N–H and O–H groups in total. The zero-order valence-electron chi connectivity index (χ0n) is 12.9. The van der Waals surface area contributed by atoms with Crippen molar-refractivity contribution in [3.05, 3.63) is 11.3 Å². The fraction of sp³-hybridized carbons (Fsp3) is 0.500. The van der Waals surface area contributed by atoms with Crippen LogP contribution >= 0.6 is 11.8 Å². The van der Waals surface area contributed by atoms with Gasteiger partial charge in [-0.05, 0) is 0 Å². The molecule has 0 saturated carbocycles. The predicted octanol–water partition coefficient (Wildman–Crippen LogP) is -5.28. The van der Waals surface area contributed by atoms with Crippen LogP contribution in [0.1, 0.15) is 0 Å². The van der Waals surface area contributed by atoms with E-state index in [1.54, 1.807) is 0 Å². The summed E-state index contributed by atoms with van der Waals surface area (Å²) < 4.78 is 4.96. The van der Waals surface area contributed by atoms with Gasteiger partial charge in [-0.2, -0.15) is 0 Å². The van der Waals surface area contributed by atoms with Gasteiger partial charge in [0.1, 0.15) is 18.0 Å². The van der Waals surface area contributed by atoms with Crippen molar-refractivity contribution in [3.63, 3.8) is 0 Å². The number of nitrogens with zero attached hydrogens (tertiary/aromatic N) is 2. The number of ether oxygens (including phenoxy) is 1. The first kappa shape index (κ1) is 19.8. The molecule has 2 rings (SSSR count). The molecule has 120 valence electrons. The Morgan fingerprint density at radius 1 is 1.52 bits per heavy atom. The molecule has 0 radical (unpaired) electrons. The van der Waals surface area contributed by atoms with Gasteiger partial charge in [-0.15, -0.1) is 11.8 Å². The van der Waals surface area contributed by atoms with E-state index in [1.807, 2.05) is 0 Å². The van der Waals surface area contributed by atoms with Gasteiger partial charge in [-0.25, -0.2) is 4.79 Å². The molecule has 1 unspecified atom stereocenters. The first-order valence-corrected chi connectivity index (χ1v) is 7.35. The van der Waals surface area contributed by atoms with Crippen molar-refractivity contribution in [1.29, 1.82) is 0 Å². The summed E-state index contributed by atoms with van der Waals surface area (Å²) in [6, 6.07) is -0.747. The number of carboxylic acids is 1. The summed E-state index contributed by atoms with van der Waals surface area (Å²) >= 11 is 1.28. The van der Waals surface area contributed by atoms with E-state index in [0.717, 1.165) is 4.90 Å². The first-order valence-electron chi connectivity index (χ1n) is 6.30. The molecular formula is C12H14N3NaO6S. The molecule has 9 nitrogen and oxygen atoms in total. The number of fused-ring (bicyclic) bond motifs is 1. The smallest absolute Gasteiger partial charge is 0.543 e. The number of carbonyl (C=O) groups excluding carboxylic acids is 4. The van der Waals surface area contributed by atoms with E-state index in [9.17, 15) is 24.3 Å². The second-order valence-corrected chi connectivity index (χ2v) is 5.97. The number of thioether (sulfide) groups is 1. The number of rotatable bonds is 5. The van der Waals surface area contributed by atoms with Gasteiger partial charge < -0.3 is 24.9 Å². The molecule has 2 atom stereocenters. The van der Waals surface area contributed by atoms with Crippen LogP contribution in [0.5, 0.6) is 0 Å². The van der Waals surface area contributed by atoms with Crippen LogP contribution in [0.3, 0.4) is 0 Å². The molecule has 11 heteroatoms. The SMILES string of the molecule is CN(C)C(=O)OCC1=C(C(=O)[O-])N2C(=O)C(NC=O)[C@@H]2SC1.[Na+]. The molecular weight excluding hydrogens is 337 g/mol. The largest absolute Gasteiger partial charge is 1.00 e. The van der Waals surface area contributed by atoms with Gasteiger partial charge >= 0.3 is 35.7 Å². The molecule has 0 bridgehead atoms. The van der Waals surface area contributed by atoms with Gasteiger partial charge in [0, 0.05) is 25.4 Å². The van der Waals surface area contributed by atoms with Gasteiger partial charge in [-0.1, -0.05) is 0 Å². The minimum atomic E-state index is -1.51. The quantitative estimate of drug-likeness (QED) is 0.299. The van der Waals surface area contributed by atoms with Crippen LogP contribution in [0.15, 0.2) is 11.3 Å². The van der Waals surface area contributed by atoms with Crippen molar-refractivity contribution < 1.29 is 58.6 Å². The van der Waals surface area contributed by atoms with Crippen molar-refractivity contribution >= 4 is 36.1 Å². The van der Waals surface area contributed by atoms with Gasteiger partial charge in [0.2, 0.25) is 6.41 Å². The summed E-state index contributed by atoms with van der Waals surface area (Å²) in [7, 11) is 2.99. The van der Waals surface area contributed by atoms with Crippen LogP contribution in [0.25, 0.3) is 0 Å². The molecule has 2 heterocycles. The number of aliphatic carboxylic acids is 1. The molecule has 1 saturated heterocycles. The number of carbonyl (C=O) groups is 4. The minimum Gasteiger partial charge on any atom is -0.543 e.